The van der Waals surface area contributed by atoms with Crippen molar-refractivity contribution in [3.63, 3.8) is 0 Å². The van der Waals surface area contributed by atoms with Crippen LogP contribution in [0.5, 0.6) is 5.75 Å². The fraction of sp³-hybridized carbons (Fsp3) is 0.522. The van der Waals surface area contributed by atoms with E-state index in [1.54, 1.807) is 29.2 Å². The fourth-order valence-corrected chi connectivity index (χ4v) is 4.27. The van der Waals surface area contributed by atoms with Crippen LogP contribution in [0.25, 0.3) is 0 Å². The van der Waals surface area contributed by atoms with E-state index in [0.717, 1.165) is 31.6 Å². The van der Waals surface area contributed by atoms with Gasteiger partial charge in [0, 0.05) is 50.1 Å². The molecule has 0 unspecified atom stereocenters. The number of aromatic nitrogens is 1. The third-order valence-electron chi connectivity index (χ3n) is 5.99. The number of hydrogen-bond donors (Lipinski definition) is 1. The summed E-state index contributed by atoms with van der Waals surface area (Å²) in [6.07, 6.45) is 3.16. The SMILES string of the molecule is Cc1cc(C[C@@H]2CN(C(=O)c3cccc(OCC(=O)N4CCCCC4)c3)C[C@H]2O)on1. The molecule has 166 valence electrons. The second-order valence-corrected chi connectivity index (χ2v) is 8.43. The first-order chi connectivity index (χ1) is 15.0. The van der Waals surface area contributed by atoms with Gasteiger partial charge in [0.25, 0.3) is 11.8 Å². The summed E-state index contributed by atoms with van der Waals surface area (Å²) in [5.74, 6) is 0.917. The normalized spacial score (nSPS) is 21.4. The number of nitrogens with zero attached hydrogens (tertiary/aromatic N) is 3. The molecule has 1 aromatic carbocycles. The first-order valence-electron chi connectivity index (χ1n) is 10.9. The van der Waals surface area contributed by atoms with Crippen LogP contribution in [-0.4, -0.2) is 70.8 Å². The molecule has 2 saturated heterocycles. The quantitative estimate of drug-likeness (QED) is 0.758. The molecule has 1 aromatic heterocycles. The summed E-state index contributed by atoms with van der Waals surface area (Å²) in [4.78, 5) is 28.8. The van der Waals surface area contributed by atoms with Gasteiger partial charge in [-0.15, -0.1) is 0 Å². The maximum absolute atomic E-state index is 13.0. The summed E-state index contributed by atoms with van der Waals surface area (Å²) >= 11 is 0. The molecule has 8 heteroatoms. The summed E-state index contributed by atoms with van der Waals surface area (Å²) in [5, 5.41) is 14.3. The van der Waals surface area contributed by atoms with Gasteiger partial charge in [0.2, 0.25) is 0 Å². The van der Waals surface area contributed by atoms with Crippen LogP contribution in [-0.2, 0) is 11.2 Å². The minimum atomic E-state index is -0.615. The number of aryl methyl sites for hydroxylation is 1. The molecule has 2 atom stereocenters. The molecule has 0 aliphatic carbocycles. The molecule has 0 bridgehead atoms. The van der Waals surface area contributed by atoms with E-state index in [9.17, 15) is 14.7 Å². The van der Waals surface area contributed by atoms with Crippen LogP contribution in [0, 0.1) is 12.8 Å². The Morgan fingerprint density at radius 2 is 1.97 bits per heavy atom. The van der Waals surface area contributed by atoms with Crippen molar-refractivity contribution in [1.29, 1.82) is 0 Å². The van der Waals surface area contributed by atoms with Crippen LogP contribution in [0.2, 0.25) is 0 Å². The Bertz CT molecular complexity index is 921. The number of hydrogen-bond acceptors (Lipinski definition) is 6. The molecule has 2 aliphatic rings. The number of aliphatic hydroxyl groups excluding tert-OH is 1. The lowest BCUT2D eigenvalue weighted by molar-refractivity contribution is -0.134. The molecular weight excluding hydrogens is 398 g/mol. The summed E-state index contributed by atoms with van der Waals surface area (Å²) in [7, 11) is 0. The number of piperidine rings is 1. The van der Waals surface area contributed by atoms with Crippen molar-refractivity contribution in [3.8, 4) is 5.75 Å². The molecule has 2 aliphatic heterocycles. The van der Waals surface area contributed by atoms with E-state index in [2.05, 4.69) is 5.16 Å². The van der Waals surface area contributed by atoms with Gasteiger partial charge < -0.3 is 24.2 Å². The molecule has 0 spiro atoms. The molecule has 8 nitrogen and oxygen atoms in total. The second-order valence-electron chi connectivity index (χ2n) is 8.43. The van der Waals surface area contributed by atoms with Crippen LogP contribution in [0.3, 0.4) is 0 Å². The predicted octanol–water partition coefficient (Wildman–Crippen LogP) is 2.05. The molecule has 2 amide bonds. The van der Waals surface area contributed by atoms with Crippen molar-refractivity contribution in [2.24, 2.45) is 5.92 Å². The number of aliphatic hydroxyl groups is 1. The number of β-amino-alcohol motifs (C(OH)–C–C–N with tert-alkyl or cyclic N) is 1. The lowest BCUT2D eigenvalue weighted by atomic mass is 10.0. The van der Waals surface area contributed by atoms with Crippen molar-refractivity contribution in [2.75, 3.05) is 32.8 Å². The maximum Gasteiger partial charge on any atom is 0.260 e. The number of carbonyl (C=O) groups excluding carboxylic acids is 2. The second kappa shape index (κ2) is 9.51. The van der Waals surface area contributed by atoms with Crippen LogP contribution >= 0.6 is 0 Å². The zero-order chi connectivity index (χ0) is 21.8. The Labute approximate surface area is 181 Å². The van der Waals surface area contributed by atoms with Crippen LogP contribution in [0.4, 0.5) is 0 Å². The van der Waals surface area contributed by atoms with E-state index in [1.165, 1.54) is 6.42 Å². The van der Waals surface area contributed by atoms with Crippen LogP contribution in [0.1, 0.15) is 41.1 Å². The summed E-state index contributed by atoms with van der Waals surface area (Å²) < 4.78 is 10.9. The summed E-state index contributed by atoms with van der Waals surface area (Å²) in [5.41, 5.74) is 1.28. The molecule has 0 saturated carbocycles. The highest BCUT2D eigenvalue weighted by molar-refractivity contribution is 5.94. The minimum Gasteiger partial charge on any atom is -0.484 e. The molecule has 1 N–H and O–H groups in total. The standard InChI is InChI=1S/C23H29N3O5/c1-16-10-20(31-24-16)12-18-13-26(14-21(18)27)23(29)17-6-5-7-19(11-17)30-15-22(28)25-8-3-2-4-9-25/h5-7,10-11,18,21,27H,2-4,8-9,12-15H2,1H3/t18-,21-/m1/s1. The van der Waals surface area contributed by atoms with Gasteiger partial charge in [-0.2, -0.15) is 0 Å². The van der Waals surface area contributed by atoms with Gasteiger partial charge in [-0.05, 0) is 44.4 Å². The van der Waals surface area contributed by atoms with Gasteiger partial charge >= 0.3 is 0 Å². The average Bonchev–Trinajstić information content (AvgIpc) is 3.37. The smallest absolute Gasteiger partial charge is 0.260 e. The Hall–Kier alpha value is -2.87. The summed E-state index contributed by atoms with van der Waals surface area (Å²) in [6, 6.07) is 8.72. The molecule has 3 heterocycles. The zero-order valence-electron chi connectivity index (χ0n) is 17.8. The Morgan fingerprint density at radius 1 is 1.16 bits per heavy atom. The van der Waals surface area contributed by atoms with E-state index in [0.29, 0.717) is 30.0 Å². The van der Waals surface area contributed by atoms with Crippen molar-refractivity contribution >= 4 is 11.8 Å². The number of benzene rings is 1. The van der Waals surface area contributed by atoms with E-state index in [4.69, 9.17) is 9.26 Å². The summed E-state index contributed by atoms with van der Waals surface area (Å²) in [6.45, 7) is 4.11. The minimum absolute atomic E-state index is 0.0235. The van der Waals surface area contributed by atoms with E-state index in [-0.39, 0.29) is 30.9 Å². The number of likely N-dealkylation sites (tertiary alicyclic amines) is 2. The molecule has 2 aromatic rings. The number of carbonyl (C=O) groups is 2. The first-order valence-corrected chi connectivity index (χ1v) is 10.9. The van der Waals surface area contributed by atoms with Gasteiger partial charge in [-0.1, -0.05) is 11.2 Å². The van der Waals surface area contributed by atoms with Crippen molar-refractivity contribution in [2.45, 2.75) is 38.7 Å². The van der Waals surface area contributed by atoms with Gasteiger partial charge in [-0.25, -0.2) is 0 Å². The Kier molecular flexibility index (Phi) is 6.56. The Balaban J connectivity index is 1.33. The molecular formula is C23H29N3O5. The van der Waals surface area contributed by atoms with Crippen molar-refractivity contribution < 1.29 is 24.0 Å². The maximum atomic E-state index is 13.0. The lowest BCUT2D eigenvalue weighted by Crippen LogP contribution is -2.38. The highest BCUT2D eigenvalue weighted by atomic mass is 16.5. The van der Waals surface area contributed by atoms with E-state index >= 15 is 0 Å². The van der Waals surface area contributed by atoms with Gasteiger partial charge in [0.1, 0.15) is 11.5 Å². The highest BCUT2D eigenvalue weighted by Crippen LogP contribution is 2.24. The molecule has 0 radical (unpaired) electrons. The Morgan fingerprint density at radius 3 is 2.71 bits per heavy atom. The number of ether oxygens (including phenoxy) is 1. The highest BCUT2D eigenvalue weighted by Gasteiger charge is 2.35. The number of amides is 2. The van der Waals surface area contributed by atoms with Crippen LogP contribution in [0.15, 0.2) is 34.9 Å². The van der Waals surface area contributed by atoms with Crippen molar-refractivity contribution in [1.82, 2.24) is 15.0 Å². The fourth-order valence-electron chi connectivity index (χ4n) is 4.27. The van der Waals surface area contributed by atoms with Gasteiger partial charge in [0.15, 0.2) is 6.61 Å². The predicted molar refractivity (Wildman–Crippen MR) is 113 cm³/mol. The van der Waals surface area contributed by atoms with Crippen molar-refractivity contribution in [3.05, 3.63) is 47.3 Å². The monoisotopic (exact) mass is 427 g/mol. The first kappa shape index (κ1) is 21.4. The van der Waals surface area contributed by atoms with Crippen LogP contribution < -0.4 is 4.74 Å². The molecule has 31 heavy (non-hydrogen) atoms. The number of rotatable bonds is 6. The van der Waals surface area contributed by atoms with Gasteiger partial charge in [0.05, 0.1) is 11.8 Å². The topological polar surface area (TPSA) is 96.1 Å². The van der Waals surface area contributed by atoms with E-state index in [1.807, 2.05) is 17.9 Å². The molecule has 4 rings (SSSR count). The third kappa shape index (κ3) is 5.25. The molecule has 2 fully saturated rings. The third-order valence-corrected chi connectivity index (χ3v) is 5.99. The zero-order valence-corrected chi connectivity index (χ0v) is 17.8. The van der Waals surface area contributed by atoms with Gasteiger partial charge in [-0.3, -0.25) is 9.59 Å². The lowest BCUT2D eigenvalue weighted by Gasteiger charge is -2.26. The largest absolute Gasteiger partial charge is 0.484 e. The van der Waals surface area contributed by atoms with E-state index < -0.39 is 6.10 Å². The average molecular weight is 428 g/mol.